The van der Waals surface area contributed by atoms with Gasteiger partial charge in [0.05, 0.1) is 0 Å². The van der Waals surface area contributed by atoms with Gasteiger partial charge in [-0.3, -0.25) is 4.79 Å². The Morgan fingerprint density at radius 3 is 2.37 bits per heavy atom. The number of hydrogen-bond acceptors (Lipinski definition) is 3. The van der Waals surface area contributed by atoms with Crippen LogP contribution in [0, 0.1) is 11.8 Å². The largest absolute Gasteiger partial charge is 0.480 e. The lowest BCUT2D eigenvalue weighted by Crippen LogP contribution is -2.52. The zero-order valence-corrected chi connectivity index (χ0v) is 12.6. The highest BCUT2D eigenvalue weighted by molar-refractivity contribution is 7.87. The molecule has 0 amide bonds. The summed E-state index contributed by atoms with van der Waals surface area (Å²) in [5.74, 6) is -0.837. The van der Waals surface area contributed by atoms with Gasteiger partial charge in [0.1, 0.15) is 6.04 Å². The molecular weight excluding hydrogens is 268 g/mol. The molecule has 2 unspecified atom stereocenters. The Bertz CT molecular complexity index is 402. The molecule has 0 aromatic carbocycles. The van der Waals surface area contributed by atoms with Crippen molar-refractivity contribution in [2.75, 3.05) is 13.1 Å². The summed E-state index contributed by atoms with van der Waals surface area (Å²) in [5.41, 5.74) is 0. The first-order chi connectivity index (χ1) is 8.77. The van der Waals surface area contributed by atoms with Crippen molar-refractivity contribution in [2.45, 2.75) is 46.1 Å². The van der Waals surface area contributed by atoms with Crippen molar-refractivity contribution >= 4 is 16.2 Å². The molecule has 0 aliphatic carbocycles. The van der Waals surface area contributed by atoms with Crippen LogP contribution in [0.4, 0.5) is 0 Å². The molecule has 1 heterocycles. The molecule has 0 radical (unpaired) electrons. The first kappa shape index (κ1) is 16.4. The van der Waals surface area contributed by atoms with Crippen LogP contribution in [0.25, 0.3) is 0 Å². The van der Waals surface area contributed by atoms with Gasteiger partial charge in [-0.2, -0.15) is 17.4 Å². The van der Waals surface area contributed by atoms with Crippen LogP contribution in [0.5, 0.6) is 0 Å². The molecule has 0 spiro atoms. The second-order valence-corrected chi connectivity index (χ2v) is 7.11. The van der Waals surface area contributed by atoms with Crippen LogP contribution >= 0.6 is 0 Å². The molecule has 1 saturated heterocycles. The van der Waals surface area contributed by atoms with Gasteiger partial charge in [-0.1, -0.05) is 27.2 Å². The van der Waals surface area contributed by atoms with E-state index in [1.165, 1.54) is 4.31 Å². The minimum Gasteiger partial charge on any atom is -0.480 e. The molecule has 7 heteroatoms. The maximum atomic E-state index is 12.2. The maximum absolute atomic E-state index is 12.2. The summed E-state index contributed by atoms with van der Waals surface area (Å²) in [5, 5.41) is 9.13. The molecule has 0 aromatic rings. The highest BCUT2D eigenvalue weighted by atomic mass is 32.2. The van der Waals surface area contributed by atoms with E-state index in [4.69, 9.17) is 5.11 Å². The number of carboxylic acid groups (broad SMARTS) is 1. The fraction of sp³-hybridized carbons (Fsp3) is 0.917. The van der Waals surface area contributed by atoms with Gasteiger partial charge in [-0.15, -0.1) is 0 Å². The van der Waals surface area contributed by atoms with Gasteiger partial charge in [0.2, 0.25) is 0 Å². The Morgan fingerprint density at radius 2 is 1.95 bits per heavy atom. The number of nitrogens with zero attached hydrogens (tertiary/aromatic N) is 1. The summed E-state index contributed by atoms with van der Waals surface area (Å²) in [6.07, 6.45) is 2.25. The first-order valence-corrected chi connectivity index (χ1v) is 8.22. The molecule has 0 bridgehead atoms. The Kier molecular flexibility index (Phi) is 5.76. The van der Waals surface area contributed by atoms with Crippen molar-refractivity contribution in [3.8, 4) is 0 Å². The lowest BCUT2D eigenvalue weighted by Gasteiger charge is -2.31. The predicted molar refractivity (Wildman–Crippen MR) is 72.9 cm³/mol. The Hall–Kier alpha value is -0.660. The van der Waals surface area contributed by atoms with Crippen LogP contribution in [0.3, 0.4) is 0 Å². The van der Waals surface area contributed by atoms with Crippen molar-refractivity contribution in [1.29, 1.82) is 0 Å². The third kappa shape index (κ3) is 4.43. The van der Waals surface area contributed by atoms with E-state index < -0.39 is 22.2 Å². The quantitative estimate of drug-likeness (QED) is 0.766. The number of aliphatic carboxylic acids is 1. The second kappa shape index (κ2) is 6.67. The van der Waals surface area contributed by atoms with Gasteiger partial charge < -0.3 is 5.11 Å². The third-order valence-corrected chi connectivity index (χ3v) is 5.43. The van der Waals surface area contributed by atoms with Crippen molar-refractivity contribution < 1.29 is 18.3 Å². The highest BCUT2D eigenvalue weighted by Crippen LogP contribution is 2.19. The number of piperidine rings is 1. The first-order valence-electron chi connectivity index (χ1n) is 6.78. The monoisotopic (exact) mass is 292 g/mol. The number of hydrogen-bond donors (Lipinski definition) is 2. The average Bonchev–Trinajstić information content (AvgIpc) is 2.35. The fourth-order valence-corrected chi connectivity index (χ4v) is 3.60. The summed E-state index contributed by atoms with van der Waals surface area (Å²) in [6.45, 7) is 6.60. The molecule has 2 atom stereocenters. The van der Waals surface area contributed by atoms with Crippen molar-refractivity contribution in [1.82, 2.24) is 9.03 Å². The van der Waals surface area contributed by atoms with Crippen molar-refractivity contribution in [3.63, 3.8) is 0 Å². The molecule has 1 aliphatic rings. The fourth-order valence-electron chi connectivity index (χ4n) is 2.11. The van der Waals surface area contributed by atoms with Crippen molar-refractivity contribution in [3.05, 3.63) is 0 Å². The van der Waals surface area contributed by atoms with Crippen LogP contribution in [0.1, 0.15) is 40.0 Å². The zero-order chi connectivity index (χ0) is 14.6. The molecule has 1 aliphatic heterocycles. The molecule has 1 rings (SSSR count). The summed E-state index contributed by atoms with van der Waals surface area (Å²) in [6, 6.07) is -1.06. The van der Waals surface area contributed by atoms with E-state index in [1.807, 2.05) is 6.92 Å². The molecule has 2 N–H and O–H groups in total. The molecule has 112 valence electrons. The van der Waals surface area contributed by atoms with Gasteiger partial charge in [0, 0.05) is 13.1 Å². The average molecular weight is 292 g/mol. The minimum atomic E-state index is -3.70. The number of carbonyl (C=O) groups is 1. The summed E-state index contributed by atoms with van der Waals surface area (Å²) in [4.78, 5) is 11.2. The zero-order valence-electron chi connectivity index (χ0n) is 11.8. The summed E-state index contributed by atoms with van der Waals surface area (Å²) in [7, 11) is -3.70. The van der Waals surface area contributed by atoms with E-state index in [9.17, 15) is 13.2 Å². The second-order valence-electron chi connectivity index (χ2n) is 5.41. The lowest BCUT2D eigenvalue weighted by molar-refractivity contribution is -0.140. The third-order valence-electron chi connectivity index (χ3n) is 3.84. The number of rotatable bonds is 6. The van der Waals surface area contributed by atoms with E-state index >= 15 is 0 Å². The predicted octanol–water partition coefficient (Wildman–Crippen LogP) is 1.05. The van der Waals surface area contributed by atoms with E-state index in [0.717, 1.165) is 12.8 Å². The standard InChI is InChI=1S/C12H24N2O4S/c1-4-10(3)11(12(15)16)13-19(17,18)14-7-5-9(2)6-8-14/h9-11,13H,4-8H2,1-3H3,(H,15,16). The number of carboxylic acids is 1. The van der Waals surface area contributed by atoms with Gasteiger partial charge >= 0.3 is 5.97 Å². The topological polar surface area (TPSA) is 86.7 Å². The summed E-state index contributed by atoms with van der Waals surface area (Å²) >= 11 is 0. The Balaban J connectivity index is 2.74. The molecule has 6 nitrogen and oxygen atoms in total. The molecular formula is C12H24N2O4S. The van der Waals surface area contributed by atoms with E-state index in [2.05, 4.69) is 11.6 Å². The van der Waals surface area contributed by atoms with E-state index in [0.29, 0.717) is 25.4 Å². The van der Waals surface area contributed by atoms with Crippen molar-refractivity contribution in [2.24, 2.45) is 11.8 Å². The number of nitrogens with one attached hydrogen (secondary N) is 1. The molecule has 0 aromatic heterocycles. The highest BCUT2D eigenvalue weighted by Gasteiger charge is 2.33. The lowest BCUT2D eigenvalue weighted by atomic mass is 10.0. The molecule has 1 fully saturated rings. The molecule has 0 saturated carbocycles. The van der Waals surface area contributed by atoms with Crippen LogP contribution in [0.15, 0.2) is 0 Å². The van der Waals surface area contributed by atoms with Crippen LogP contribution in [0.2, 0.25) is 0 Å². The van der Waals surface area contributed by atoms with Crippen LogP contribution in [-0.4, -0.2) is 42.9 Å². The molecule has 19 heavy (non-hydrogen) atoms. The minimum absolute atomic E-state index is 0.240. The van der Waals surface area contributed by atoms with Crippen LogP contribution < -0.4 is 4.72 Å². The van der Waals surface area contributed by atoms with E-state index in [-0.39, 0.29) is 5.92 Å². The normalized spacial score (nSPS) is 22.1. The summed E-state index contributed by atoms with van der Waals surface area (Å²) < 4.78 is 28.0. The van der Waals surface area contributed by atoms with Gasteiger partial charge in [0.15, 0.2) is 0 Å². The van der Waals surface area contributed by atoms with E-state index in [1.54, 1.807) is 6.92 Å². The van der Waals surface area contributed by atoms with Gasteiger partial charge in [-0.25, -0.2) is 0 Å². The van der Waals surface area contributed by atoms with Gasteiger partial charge in [-0.05, 0) is 24.7 Å². The smallest absolute Gasteiger partial charge is 0.322 e. The van der Waals surface area contributed by atoms with Crippen LogP contribution in [-0.2, 0) is 15.0 Å². The maximum Gasteiger partial charge on any atom is 0.322 e. The SMILES string of the molecule is CCC(C)C(NS(=O)(=O)N1CCC(C)CC1)C(=O)O. The van der Waals surface area contributed by atoms with Gasteiger partial charge in [0.25, 0.3) is 10.2 Å². The Morgan fingerprint density at radius 1 is 1.42 bits per heavy atom. The Labute approximate surface area is 115 Å².